The van der Waals surface area contributed by atoms with Gasteiger partial charge in [0.05, 0.1) is 23.4 Å². The minimum absolute atomic E-state index is 0.000226. The van der Waals surface area contributed by atoms with Gasteiger partial charge < -0.3 is 15.2 Å². The number of ether oxygens (including phenoxy) is 2. The van der Waals surface area contributed by atoms with Gasteiger partial charge in [-0.2, -0.15) is 13.2 Å². The maximum Gasteiger partial charge on any atom is 0.411 e. The molecule has 0 saturated carbocycles. The van der Waals surface area contributed by atoms with E-state index in [4.69, 9.17) is 10.5 Å². The maximum absolute atomic E-state index is 11.8. The van der Waals surface area contributed by atoms with Crippen molar-refractivity contribution in [2.75, 3.05) is 26.9 Å². The number of aromatic nitrogens is 1. The summed E-state index contributed by atoms with van der Waals surface area (Å²) in [4.78, 5) is 4.27. The lowest BCUT2D eigenvalue weighted by Crippen LogP contribution is -2.18. The Labute approximate surface area is 113 Å². The van der Waals surface area contributed by atoms with Crippen molar-refractivity contribution >= 4 is 11.3 Å². The average Bonchev–Trinajstić information content (AvgIpc) is 2.79. The number of hydrogen-bond donors (Lipinski definition) is 1. The second kappa shape index (κ2) is 7.78. The first kappa shape index (κ1) is 16.4. The Hall–Kier alpha value is -0.700. The average molecular weight is 298 g/mol. The largest absolute Gasteiger partial charge is 0.411 e. The molecule has 0 bridgehead atoms. The summed E-state index contributed by atoms with van der Waals surface area (Å²) in [5.41, 5.74) is 6.63. The third kappa shape index (κ3) is 6.86. The van der Waals surface area contributed by atoms with Crippen molar-refractivity contribution in [2.24, 2.45) is 5.73 Å². The number of hydrogen-bond acceptors (Lipinski definition) is 5. The van der Waals surface area contributed by atoms with Crippen molar-refractivity contribution in [1.82, 2.24) is 4.98 Å². The molecule has 1 rings (SSSR count). The molecule has 0 aliphatic heterocycles. The second-order valence-corrected chi connectivity index (χ2v) is 4.91. The number of alkyl halides is 3. The van der Waals surface area contributed by atoms with Crippen LogP contribution < -0.4 is 5.73 Å². The lowest BCUT2D eigenvalue weighted by atomic mass is 10.2. The molecular formula is C11H17F3N2O2S. The van der Waals surface area contributed by atoms with Crippen molar-refractivity contribution in [3.8, 4) is 0 Å². The lowest BCUT2D eigenvalue weighted by Gasteiger charge is -2.07. The summed E-state index contributed by atoms with van der Waals surface area (Å²) >= 11 is 1.38. The third-order valence-corrected chi connectivity index (χ3v) is 3.24. The van der Waals surface area contributed by atoms with E-state index in [1.165, 1.54) is 11.3 Å². The van der Waals surface area contributed by atoms with Crippen LogP contribution in [0.3, 0.4) is 0 Å². The van der Waals surface area contributed by atoms with Gasteiger partial charge in [0, 0.05) is 25.5 Å². The lowest BCUT2D eigenvalue weighted by molar-refractivity contribution is -0.173. The zero-order valence-electron chi connectivity index (χ0n) is 10.6. The van der Waals surface area contributed by atoms with Crippen molar-refractivity contribution in [3.05, 3.63) is 16.1 Å². The van der Waals surface area contributed by atoms with Crippen LogP contribution >= 0.6 is 11.3 Å². The summed E-state index contributed by atoms with van der Waals surface area (Å²) in [6.45, 7) is -0.679. The van der Waals surface area contributed by atoms with E-state index in [0.29, 0.717) is 19.4 Å². The van der Waals surface area contributed by atoms with E-state index in [1.807, 2.05) is 5.38 Å². The number of methoxy groups -OCH3 is 1. The van der Waals surface area contributed by atoms with E-state index in [1.54, 1.807) is 7.11 Å². The Morgan fingerprint density at radius 2 is 2.16 bits per heavy atom. The summed E-state index contributed by atoms with van der Waals surface area (Å²) in [5.74, 6) is 0. The molecule has 1 aromatic heterocycles. The smallest absolute Gasteiger partial charge is 0.385 e. The Kier molecular flexibility index (Phi) is 6.70. The minimum atomic E-state index is -4.28. The first-order valence-electron chi connectivity index (χ1n) is 5.75. The van der Waals surface area contributed by atoms with Crippen LogP contribution in [0.4, 0.5) is 13.2 Å². The maximum atomic E-state index is 11.8. The van der Waals surface area contributed by atoms with Crippen LogP contribution in [0, 0.1) is 0 Å². The fourth-order valence-corrected chi connectivity index (χ4v) is 2.19. The Morgan fingerprint density at radius 1 is 1.42 bits per heavy atom. The van der Waals surface area contributed by atoms with Gasteiger partial charge in [-0.15, -0.1) is 11.3 Å². The van der Waals surface area contributed by atoms with E-state index in [0.717, 1.165) is 10.7 Å². The molecule has 0 fully saturated rings. The molecule has 4 nitrogen and oxygen atoms in total. The predicted molar refractivity (Wildman–Crippen MR) is 66.1 cm³/mol. The number of rotatable bonds is 8. The first-order chi connectivity index (χ1) is 8.92. The standard InChI is InChI=1S/C11H17F3N2O2S/c1-17-4-2-8(15)9-6-19-10(16-9)3-5-18-7-11(12,13)14/h6,8H,2-5,7,15H2,1H3. The molecule has 1 atom stereocenters. The highest BCUT2D eigenvalue weighted by Crippen LogP contribution is 2.19. The monoisotopic (exact) mass is 298 g/mol. The predicted octanol–water partition coefficient (Wildman–Crippen LogP) is 2.30. The van der Waals surface area contributed by atoms with Gasteiger partial charge in [0.1, 0.15) is 6.61 Å². The molecule has 110 valence electrons. The zero-order valence-corrected chi connectivity index (χ0v) is 11.4. The summed E-state index contributed by atoms with van der Waals surface area (Å²) in [5, 5.41) is 2.55. The van der Waals surface area contributed by atoms with Gasteiger partial charge in [0.25, 0.3) is 0 Å². The van der Waals surface area contributed by atoms with Crippen molar-refractivity contribution in [1.29, 1.82) is 0 Å². The van der Waals surface area contributed by atoms with Crippen LogP contribution in [0.25, 0.3) is 0 Å². The molecule has 0 saturated heterocycles. The summed E-state index contributed by atoms with van der Waals surface area (Å²) in [6, 6.07) is -0.207. The van der Waals surface area contributed by atoms with Gasteiger partial charge in [0.15, 0.2) is 0 Å². The molecule has 0 amide bonds. The highest BCUT2D eigenvalue weighted by atomic mass is 32.1. The van der Waals surface area contributed by atoms with Crippen molar-refractivity contribution in [3.63, 3.8) is 0 Å². The van der Waals surface area contributed by atoms with Gasteiger partial charge in [-0.1, -0.05) is 0 Å². The molecule has 0 aliphatic carbocycles. The van der Waals surface area contributed by atoms with Crippen LogP contribution in [0.1, 0.15) is 23.2 Å². The van der Waals surface area contributed by atoms with Crippen LogP contribution in [0.5, 0.6) is 0 Å². The van der Waals surface area contributed by atoms with Crippen LogP contribution in [0.2, 0.25) is 0 Å². The summed E-state index contributed by atoms with van der Waals surface area (Å²) in [7, 11) is 1.59. The molecule has 1 aromatic rings. The molecule has 1 unspecified atom stereocenters. The Balaban J connectivity index is 2.30. The second-order valence-electron chi connectivity index (χ2n) is 3.97. The van der Waals surface area contributed by atoms with E-state index >= 15 is 0 Å². The number of nitrogens with zero attached hydrogens (tertiary/aromatic N) is 1. The highest BCUT2D eigenvalue weighted by molar-refractivity contribution is 7.09. The molecule has 19 heavy (non-hydrogen) atoms. The van der Waals surface area contributed by atoms with Gasteiger partial charge in [0.2, 0.25) is 0 Å². The SMILES string of the molecule is COCCC(N)c1csc(CCOCC(F)(F)F)n1. The van der Waals surface area contributed by atoms with Gasteiger partial charge >= 0.3 is 6.18 Å². The molecule has 1 heterocycles. The minimum Gasteiger partial charge on any atom is -0.385 e. The number of halogens is 3. The van der Waals surface area contributed by atoms with E-state index in [-0.39, 0.29) is 12.6 Å². The van der Waals surface area contributed by atoms with E-state index in [9.17, 15) is 13.2 Å². The summed E-state index contributed by atoms with van der Waals surface area (Å²) in [6.07, 6.45) is -3.27. The molecule has 2 N–H and O–H groups in total. The zero-order chi connectivity index (χ0) is 14.3. The summed E-state index contributed by atoms with van der Waals surface area (Å²) < 4.78 is 45.0. The van der Waals surface area contributed by atoms with Crippen LogP contribution in [-0.4, -0.2) is 38.1 Å². The van der Waals surface area contributed by atoms with Gasteiger partial charge in [-0.25, -0.2) is 4.98 Å². The topological polar surface area (TPSA) is 57.4 Å². The van der Waals surface area contributed by atoms with E-state index < -0.39 is 12.8 Å². The molecule has 0 aromatic carbocycles. The third-order valence-electron chi connectivity index (χ3n) is 2.31. The van der Waals surface area contributed by atoms with Crippen LogP contribution in [-0.2, 0) is 15.9 Å². The fourth-order valence-electron chi connectivity index (χ4n) is 1.35. The fraction of sp³-hybridized carbons (Fsp3) is 0.727. The number of thiazole rings is 1. The van der Waals surface area contributed by atoms with Gasteiger partial charge in [-0.3, -0.25) is 0 Å². The molecule has 8 heteroatoms. The molecule has 0 spiro atoms. The molecule has 0 radical (unpaired) electrons. The quantitative estimate of drug-likeness (QED) is 0.748. The van der Waals surface area contributed by atoms with Crippen molar-refractivity contribution in [2.45, 2.75) is 25.1 Å². The van der Waals surface area contributed by atoms with Crippen LogP contribution in [0.15, 0.2) is 5.38 Å². The number of nitrogens with two attached hydrogens (primary N) is 1. The molecular weight excluding hydrogens is 281 g/mol. The highest BCUT2D eigenvalue weighted by Gasteiger charge is 2.27. The normalized spacial score (nSPS) is 13.7. The Bertz CT molecular complexity index is 371. The molecule has 0 aliphatic rings. The Morgan fingerprint density at radius 3 is 2.79 bits per heavy atom. The van der Waals surface area contributed by atoms with E-state index in [2.05, 4.69) is 9.72 Å². The first-order valence-corrected chi connectivity index (χ1v) is 6.63. The van der Waals surface area contributed by atoms with Crippen molar-refractivity contribution < 1.29 is 22.6 Å². The van der Waals surface area contributed by atoms with Gasteiger partial charge in [-0.05, 0) is 6.42 Å².